The van der Waals surface area contributed by atoms with Crippen LogP contribution in [0.2, 0.25) is 0 Å². The molecule has 0 amide bonds. The van der Waals surface area contributed by atoms with E-state index < -0.39 is 5.97 Å². The van der Waals surface area contributed by atoms with Gasteiger partial charge in [0.15, 0.2) is 6.61 Å². The Labute approximate surface area is 140 Å². The van der Waals surface area contributed by atoms with E-state index in [0.29, 0.717) is 17.1 Å². The SMILES string of the molecule is COc1cccc(/C=C/C(=O)OCC(=O)c2ccccc2OC)c1. The van der Waals surface area contributed by atoms with E-state index in [4.69, 9.17) is 14.2 Å². The van der Waals surface area contributed by atoms with Gasteiger partial charge in [-0.2, -0.15) is 0 Å². The fraction of sp³-hybridized carbons (Fsp3) is 0.158. The summed E-state index contributed by atoms with van der Waals surface area (Å²) >= 11 is 0. The molecular formula is C19H18O5. The van der Waals surface area contributed by atoms with Crippen LogP contribution in [0.25, 0.3) is 6.08 Å². The van der Waals surface area contributed by atoms with Crippen LogP contribution >= 0.6 is 0 Å². The highest BCUT2D eigenvalue weighted by atomic mass is 16.5. The summed E-state index contributed by atoms with van der Waals surface area (Å²) in [5, 5.41) is 0. The fourth-order valence-electron chi connectivity index (χ4n) is 2.05. The maximum Gasteiger partial charge on any atom is 0.331 e. The molecule has 0 fully saturated rings. The quantitative estimate of drug-likeness (QED) is 0.444. The topological polar surface area (TPSA) is 61.8 Å². The summed E-state index contributed by atoms with van der Waals surface area (Å²) < 4.78 is 15.2. The lowest BCUT2D eigenvalue weighted by atomic mass is 10.1. The van der Waals surface area contributed by atoms with Gasteiger partial charge in [0.05, 0.1) is 19.8 Å². The van der Waals surface area contributed by atoms with Crippen molar-refractivity contribution in [3.05, 3.63) is 65.7 Å². The minimum atomic E-state index is -0.596. The molecule has 2 aromatic rings. The largest absolute Gasteiger partial charge is 0.497 e. The van der Waals surface area contributed by atoms with Gasteiger partial charge in [0, 0.05) is 6.08 Å². The average Bonchev–Trinajstić information content (AvgIpc) is 2.64. The van der Waals surface area contributed by atoms with Crippen molar-refractivity contribution in [3.63, 3.8) is 0 Å². The molecular weight excluding hydrogens is 308 g/mol. The monoisotopic (exact) mass is 326 g/mol. The number of ether oxygens (including phenoxy) is 3. The number of carbonyl (C=O) groups excluding carboxylic acids is 2. The zero-order valence-electron chi connectivity index (χ0n) is 13.5. The first-order valence-electron chi connectivity index (χ1n) is 7.29. The van der Waals surface area contributed by atoms with Crippen LogP contribution in [0.4, 0.5) is 0 Å². The summed E-state index contributed by atoms with van der Waals surface area (Å²) in [6.45, 7) is -0.346. The third-order valence-electron chi connectivity index (χ3n) is 3.26. The molecule has 0 aromatic heterocycles. The predicted molar refractivity (Wildman–Crippen MR) is 90.3 cm³/mol. The van der Waals surface area contributed by atoms with Crippen LogP contribution in [0.15, 0.2) is 54.6 Å². The van der Waals surface area contributed by atoms with Gasteiger partial charge in [0.1, 0.15) is 11.5 Å². The number of para-hydroxylation sites is 1. The molecule has 0 saturated carbocycles. The van der Waals surface area contributed by atoms with Crippen molar-refractivity contribution < 1.29 is 23.8 Å². The molecule has 0 atom stereocenters. The number of methoxy groups -OCH3 is 2. The third-order valence-corrected chi connectivity index (χ3v) is 3.26. The molecule has 0 saturated heterocycles. The highest BCUT2D eigenvalue weighted by Crippen LogP contribution is 2.18. The lowest BCUT2D eigenvalue weighted by Crippen LogP contribution is -2.13. The molecule has 0 aliphatic rings. The molecule has 0 aliphatic carbocycles. The van der Waals surface area contributed by atoms with E-state index in [-0.39, 0.29) is 12.4 Å². The van der Waals surface area contributed by atoms with Gasteiger partial charge in [-0.05, 0) is 35.9 Å². The molecule has 0 aliphatic heterocycles. The first-order chi connectivity index (χ1) is 11.6. The Morgan fingerprint density at radius 3 is 2.54 bits per heavy atom. The fourth-order valence-corrected chi connectivity index (χ4v) is 2.05. The van der Waals surface area contributed by atoms with Crippen LogP contribution in [0.1, 0.15) is 15.9 Å². The van der Waals surface area contributed by atoms with Gasteiger partial charge in [-0.15, -0.1) is 0 Å². The molecule has 2 rings (SSSR count). The van der Waals surface area contributed by atoms with Gasteiger partial charge >= 0.3 is 5.97 Å². The minimum absolute atomic E-state index is 0.324. The second-order valence-electron chi connectivity index (χ2n) is 4.84. The Hall–Kier alpha value is -3.08. The minimum Gasteiger partial charge on any atom is -0.497 e. The Bertz CT molecular complexity index is 749. The van der Waals surface area contributed by atoms with E-state index in [9.17, 15) is 9.59 Å². The summed E-state index contributed by atoms with van der Waals surface area (Å²) in [5.74, 6) is 0.221. The number of hydrogen-bond acceptors (Lipinski definition) is 5. The van der Waals surface area contributed by atoms with Gasteiger partial charge in [0.25, 0.3) is 0 Å². The number of ketones is 1. The van der Waals surface area contributed by atoms with E-state index in [1.54, 1.807) is 43.5 Å². The molecule has 24 heavy (non-hydrogen) atoms. The Morgan fingerprint density at radius 2 is 1.79 bits per heavy atom. The first-order valence-corrected chi connectivity index (χ1v) is 7.29. The van der Waals surface area contributed by atoms with Crippen LogP contribution in [-0.4, -0.2) is 32.6 Å². The maximum atomic E-state index is 12.1. The number of Topliss-reactive ketones (excluding diaryl/α,β-unsaturated/α-hetero) is 1. The molecule has 0 N–H and O–H groups in total. The van der Waals surface area contributed by atoms with Crippen LogP contribution in [-0.2, 0) is 9.53 Å². The van der Waals surface area contributed by atoms with Gasteiger partial charge in [-0.1, -0.05) is 24.3 Å². The average molecular weight is 326 g/mol. The normalized spacial score (nSPS) is 10.4. The Balaban J connectivity index is 1.93. The number of carbonyl (C=O) groups is 2. The second-order valence-corrected chi connectivity index (χ2v) is 4.84. The molecule has 0 radical (unpaired) electrons. The Morgan fingerprint density at radius 1 is 1.00 bits per heavy atom. The van der Waals surface area contributed by atoms with Gasteiger partial charge in [0.2, 0.25) is 5.78 Å². The van der Waals surface area contributed by atoms with E-state index in [2.05, 4.69) is 0 Å². The summed E-state index contributed by atoms with van der Waals surface area (Å²) in [6.07, 6.45) is 2.86. The standard InChI is InChI=1S/C19H18O5/c1-22-15-7-5-6-14(12-15)10-11-19(21)24-13-17(20)16-8-3-4-9-18(16)23-2/h3-12H,13H2,1-2H3/b11-10+. The van der Waals surface area contributed by atoms with Gasteiger partial charge < -0.3 is 14.2 Å². The number of rotatable bonds is 7. The van der Waals surface area contributed by atoms with Crippen molar-refractivity contribution in [3.8, 4) is 11.5 Å². The van der Waals surface area contributed by atoms with Crippen LogP contribution in [0, 0.1) is 0 Å². The van der Waals surface area contributed by atoms with Crippen molar-refractivity contribution >= 4 is 17.8 Å². The lowest BCUT2D eigenvalue weighted by Gasteiger charge is -2.07. The van der Waals surface area contributed by atoms with Crippen molar-refractivity contribution in [2.75, 3.05) is 20.8 Å². The van der Waals surface area contributed by atoms with Crippen molar-refractivity contribution in [2.24, 2.45) is 0 Å². The molecule has 0 unspecified atom stereocenters. The third kappa shape index (κ3) is 4.71. The van der Waals surface area contributed by atoms with E-state index in [1.165, 1.54) is 13.2 Å². The summed E-state index contributed by atoms with van der Waals surface area (Å²) in [7, 11) is 3.05. The molecule has 5 heteroatoms. The van der Waals surface area contributed by atoms with Crippen LogP contribution < -0.4 is 9.47 Å². The summed E-state index contributed by atoms with van der Waals surface area (Å²) in [6, 6.07) is 14.0. The molecule has 124 valence electrons. The van der Waals surface area contributed by atoms with Crippen molar-refractivity contribution in [1.29, 1.82) is 0 Å². The number of esters is 1. The van der Waals surface area contributed by atoms with Crippen molar-refractivity contribution in [1.82, 2.24) is 0 Å². The van der Waals surface area contributed by atoms with Crippen molar-refractivity contribution in [2.45, 2.75) is 0 Å². The molecule has 2 aromatic carbocycles. The molecule has 0 spiro atoms. The van der Waals surface area contributed by atoms with E-state index in [1.807, 2.05) is 18.2 Å². The maximum absolute atomic E-state index is 12.1. The van der Waals surface area contributed by atoms with E-state index >= 15 is 0 Å². The molecule has 0 heterocycles. The smallest absolute Gasteiger partial charge is 0.331 e. The van der Waals surface area contributed by atoms with Gasteiger partial charge in [-0.25, -0.2) is 4.79 Å². The zero-order chi connectivity index (χ0) is 17.4. The summed E-state index contributed by atoms with van der Waals surface area (Å²) in [4.78, 5) is 23.8. The lowest BCUT2D eigenvalue weighted by molar-refractivity contribution is -0.136. The second kappa shape index (κ2) is 8.53. The van der Waals surface area contributed by atoms with Crippen LogP contribution in [0.5, 0.6) is 11.5 Å². The predicted octanol–water partition coefficient (Wildman–Crippen LogP) is 3.14. The highest BCUT2D eigenvalue weighted by molar-refractivity contribution is 6.01. The number of benzene rings is 2. The van der Waals surface area contributed by atoms with Crippen LogP contribution in [0.3, 0.4) is 0 Å². The Kier molecular flexibility index (Phi) is 6.14. The highest BCUT2D eigenvalue weighted by Gasteiger charge is 2.13. The first kappa shape index (κ1) is 17.3. The number of hydrogen-bond donors (Lipinski definition) is 0. The van der Waals surface area contributed by atoms with E-state index in [0.717, 1.165) is 5.56 Å². The summed E-state index contributed by atoms with van der Waals surface area (Å²) in [5.41, 5.74) is 1.17. The van der Waals surface area contributed by atoms with Gasteiger partial charge in [-0.3, -0.25) is 4.79 Å². The zero-order valence-corrected chi connectivity index (χ0v) is 13.5. The molecule has 0 bridgehead atoms. The molecule has 5 nitrogen and oxygen atoms in total.